The number of nitrogens with zero attached hydrogens (tertiary/aromatic N) is 1. The Balaban J connectivity index is 2.18. The van der Waals surface area contributed by atoms with Crippen LogP contribution in [0.15, 0.2) is 36.5 Å². The predicted octanol–water partition coefficient (Wildman–Crippen LogP) is 3.89. The summed E-state index contributed by atoms with van der Waals surface area (Å²) in [6.07, 6.45) is 1.84. The van der Waals surface area contributed by atoms with Gasteiger partial charge in [-0.1, -0.05) is 19.9 Å². The molecule has 0 aliphatic rings. The quantitative estimate of drug-likeness (QED) is 0.842. The normalized spacial score (nSPS) is 12.3. The zero-order valence-electron chi connectivity index (χ0n) is 14.6. The minimum atomic E-state index is 0.212. The highest BCUT2D eigenvalue weighted by molar-refractivity contribution is 5.47. The molecule has 0 bridgehead atoms. The fourth-order valence-corrected chi connectivity index (χ4v) is 2.67. The van der Waals surface area contributed by atoms with Crippen molar-refractivity contribution in [2.45, 2.75) is 33.4 Å². The molecule has 23 heavy (non-hydrogen) atoms. The van der Waals surface area contributed by atoms with E-state index in [1.165, 1.54) is 11.1 Å². The molecule has 0 amide bonds. The number of ether oxygens (including phenoxy) is 2. The van der Waals surface area contributed by atoms with Gasteiger partial charge in [-0.3, -0.25) is 4.98 Å². The largest absolute Gasteiger partial charge is 0.493 e. The molecule has 2 aromatic rings. The lowest BCUT2D eigenvalue weighted by molar-refractivity contribution is 0.353. The molecule has 0 aliphatic carbocycles. The van der Waals surface area contributed by atoms with Crippen molar-refractivity contribution in [1.82, 2.24) is 10.3 Å². The Morgan fingerprint density at radius 2 is 1.78 bits per heavy atom. The van der Waals surface area contributed by atoms with Gasteiger partial charge in [0, 0.05) is 12.7 Å². The van der Waals surface area contributed by atoms with Gasteiger partial charge in [0.15, 0.2) is 11.5 Å². The van der Waals surface area contributed by atoms with E-state index in [9.17, 15) is 0 Å². The first-order chi connectivity index (χ1) is 11.1. The molecule has 1 unspecified atom stereocenters. The molecule has 0 fully saturated rings. The zero-order chi connectivity index (χ0) is 16.8. The van der Waals surface area contributed by atoms with Gasteiger partial charge in [0.1, 0.15) is 0 Å². The second-order valence-corrected chi connectivity index (χ2v) is 5.99. The number of pyridine rings is 1. The molecule has 1 N–H and O–H groups in total. The van der Waals surface area contributed by atoms with E-state index in [-0.39, 0.29) is 6.04 Å². The Kier molecular flexibility index (Phi) is 5.99. The van der Waals surface area contributed by atoms with Crippen LogP contribution >= 0.6 is 0 Å². The standard InChI is InChI=1S/C19H26N2O2/c1-13(2)19(16-8-6-7-9-20-16)21-12-15-11-18(23-5)17(22-4)10-14(15)3/h6-11,13,19,21H,12H2,1-5H3. The number of rotatable bonds is 7. The number of methoxy groups -OCH3 is 2. The highest BCUT2D eigenvalue weighted by atomic mass is 16.5. The monoisotopic (exact) mass is 314 g/mol. The molecule has 0 saturated carbocycles. The van der Waals surface area contributed by atoms with Crippen molar-refractivity contribution in [1.29, 1.82) is 0 Å². The van der Waals surface area contributed by atoms with Crippen molar-refractivity contribution in [3.05, 3.63) is 53.3 Å². The van der Waals surface area contributed by atoms with Gasteiger partial charge >= 0.3 is 0 Å². The molecule has 2 rings (SSSR count). The minimum Gasteiger partial charge on any atom is -0.493 e. The lowest BCUT2D eigenvalue weighted by Gasteiger charge is -2.23. The predicted molar refractivity (Wildman–Crippen MR) is 92.9 cm³/mol. The van der Waals surface area contributed by atoms with Crippen LogP contribution in [0.4, 0.5) is 0 Å². The highest BCUT2D eigenvalue weighted by Gasteiger charge is 2.17. The fourth-order valence-electron chi connectivity index (χ4n) is 2.67. The van der Waals surface area contributed by atoms with E-state index >= 15 is 0 Å². The van der Waals surface area contributed by atoms with Gasteiger partial charge in [0.05, 0.1) is 26.0 Å². The van der Waals surface area contributed by atoms with Gasteiger partial charge in [-0.25, -0.2) is 0 Å². The summed E-state index contributed by atoms with van der Waals surface area (Å²) in [5.74, 6) is 1.97. The summed E-state index contributed by atoms with van der Waals surface area (Å²) in [6.45, 7) is 7.25. The third kappa shape index (κ3) is 4.23. The van der Waals surface area contributed by atoms with E-state index in [0.29, 0.717) is 5.92 Å². The number of benzene rings is 1. The lowest BCUT2D eigenvalue weighted by Crippen LogP contribution is -2.26. The van der Waals surface area contributed by atoms with Crippen LogP contribution < -0.4 is 14.8 Å². The Labute approximate surface area is 138 Å². The highest BCUT2D eigenvalue weighted by Crippen LogP contribution is 2.30. The van der Waals surface area contributed by atoms with E-state index in [0.717, 1.165) is 23.7 Å². The maximum Gasteiger partial charge on any atom is 0.161 e. The van der Waals surface area contributed by atoms with Gasteiger partial charge < -0.3 is 14.8 Å². The lowest BCUT2D eigenvalue weighted by atomic mass is 9.99. The molecular weight excluding hydrogens is 288 g/mol. The first kappa shape index (κ1) is 17.3. The van der Waals surface area contributed by atoms with Crippen LogP contribution in [0, 0.1) is 12.8 Å². The average Bonchev–Trinajstić information content (AvgIpc) is 2.56. The van der Waals surface area contributed by atoms with Crippen molar-refractivity contribution in [2.75, 3.05) is 14.2 Å². The Morgan fingerprint density at radius 3 is 2.35 bits per heavy atom. The molecule has 4 nitrogen and oxygen atoms in total. The van der Waals surface area contributed by atoms with Crippen molar-refractivity contribution >= 4 is 0 Å². The molecule has 124 valence electrons. The molecule has 0 aliphatic heterocycles. The third-order valence-electron chi connectivity index (χ3n) is 4.03. The summed E-state index contributed by atoms with van der Waals surface area (Å²) in [6, 6.07) is 10.3. The SMILES string of the molecule is COc1cc(C)c(CNC(c2ccccn2)C(C)C)cc1OC. The Hall–Kier alpha value is -2.07. The van der Waals surface area contributed by atoms with E-state index < -0.39 is 0 Å². The van der Waals surface area contributed by atoms with Gasteiger partial charge in [-0.2, -0.15) is 0 Å². The molecule has 0 saturated heterocycles. The summed E-state index contributed by atoms with van der Waals surface area (Å²) < 4.78 is 10.8. The number of hydrogen-bond donors (Lipinski definition) is 1. The van der Waals surface area contributed by atoms with Crippen LogP contribution in [0.2, 0.25) is 0 Å². The van der Waals surface area contributed by atoms with E-state index in [4.69, 9.17) is 9.47 Å². The summed E-state index contributed by atoms with van der Waals surface area (Å²) in [7, 11) is 3.32. The molecular formula is C19H26N2O2. The molecule has 0 radical (unpaired) electrons. The van der Waals surface area contributed by atoms with E-state index in [2.05, 4.69) is 37.1 Å². The fraction of sp³-hybridized carbons (Fsp3) is 0.421. The Bertz CT molecular complexity index is 627. The second kappa shape index (κ2) is 7.97. The van der Waals surface area contributed by atoms with Crippen molar-refractivity contribution in [2.24, 2.45) is 5.92 Å². The van der Waals surface area contributed by atoms with Gasteiger partial charge in [0.25, 0.3) is 0 Å². The number of aromatic nitrogens is 1. The maximum atomic E-state index is 5.41. The molecule has 1 aromatic heterocycles. The first-order valence-corrected chi connectivity index (χ1v) is 7.92. The van der Waals surface area contributed by atoms with Crippen molar-refractivity contribution < 1.29 is 9.47 Å². The van der Waals surface area contributed by atoms with E-state index in [1.807, 2.05) is 30.5 Å². The summed E-state index contributed by atoms with van der Waals surface area (Å²) in [5, 5.41) is 3.62. The summed E-state index contributed by atoms with van der Waals surface area (Å²) in [4.78, 5) is 4.49. The zero-order valence-corrected chi connectivity index (χ0v) is 14.6. The van der Waals surface area contributed by atoms with E-state index in [1.54, 1.807) is 14.2 Å². The molecule has 4 heteroatoms. The third-order valence-corrected chi connectivity index (χ3v) is 4.03. The number of aryl methyl sites for hydroxylation is 1. The van der Waals surface area contributed by atoms with Crippen LogP contribution in [0.3, 0.4) is 0 Å². The maximum absolute atomic E-state index is 5.41. The van der Waals surface area contributed by atoms with Gasteiger partial charge in [-0.05, 0) is 48.2 Å². The van der Waals surface area contributed by atoms with Crippen LogP contribution in [0.25, 0.3) is 0 Å². The van der Waals surface area contributed by atoms with Crippen molar-refractivity contribution in [3.8, 4) is 11.5 Å². The average molecular weight is 314 g/mol. The van der Waals surface area contributed by atoms with Crippen LogP contribution in [0.1, 0.15) is 36.7 Å². The first-order valence-electron chi connectivity index (χ1n) is 7.92. The number of nitrogens with one attached hydrogen (secondary N) is 1. The summed E-state index contributed by atoms with van der Waals surface area (Å²) in [5.41, 5.74) is 3.45. The molecule has 1 aromatic carbocycles. The minimum absolute atomic E-state index is 0.212. The Morgan fingerprint density at radius 1 is 1.09 bits per heavy atom. The second-order valence-electron chi connectivity index (χ2n) is 5.99. The van der Waals surface area contributed by atoms with Crippen LogP contribution in [0.5, 0.6) is 11.5 Å². The summed E-state index contributed by atoms with van der Waals surface area (Å²) >= 11 is 0. The van der Waals surface area contributed by atoms with Gasteiger partial charge in [0.2, 0.25) is 0 Å². The van der Waals surface area contributed by atoms with Crippen molar-refractivity contribution in [3.63, 3.8) is 0 Å². The van der Waals surface area contributed by atoms with Crippen LogP contribution in [-0.4, -0.2) is 19.2 Å². The molecule has 1 atom stereocenters. The molecule has 0 spiro atoms. The van der Waals surface area contributed by atoms with Crippen LogP contribution in [-0.2, 0) is 6.54 Å². The smallest absolute Gasteiger partial charge is 0.161 e. The number of hydrogen-bond acceptors (Lipinski definition) is 4. The molecule has 1 heterocycles. The topological polar surface area (TPSA) is 43.4 Å². The van der Waals surface area contributed by atoms with Gasteiger partial charge in [-0.15, -0.1) is 0 Å².